The van der Waals surface area contributed by atoms with E-state index in [4.69, 9.17) is 0 Å². The molecule has 2 nitrogen and oxygen atoms in total. The summed E-state index contributed by atoms with van der Waals surface area (Å²) in [5.74, 6) is 4.58. The summed E-state index contributed by atoms with van der Waals surface area (Å²) in [6.45, 7) is 10.9. The molecule has 0 amide bonds. The van der Waals surface area contributed by atoms with Crippen LogP contribution in [0.1, 0.15) is 83.8 Å². The summed E-state index contributed by atoms with van der Waals surface area (Å²) in [4.78, 5) is 9.82. The Morgan fingerprint density at radius 3 is 2.59 bits per heavy atom. The third-order valence-electron chi connectivity index (χ3n) is 12.0. The third-order valence-corrected chi connectivity index (χ3v) is 12.0. The lowest BCUT2D eigenvalue weighted by Crippen LogP contribution is -2.73. The van der Waals surface area contributed by atoms with Gasteiger partial charge in [-0.15, -0.1) is 0 Å². The van der Waals surface area contributed by atoms with Crippen molar-refractivity contribution in [1.82, 2.24) is 0 Å². The number of carbonyl (C=O) groups is 1. The maximum atomic E-state index is 9.82. The van der Waals surface area contributed by atoms with Crippen molar-refractivity contribution in [2.75, 3.05) is 6.61 Å². The largest absolute Gasteiger partial charge is 0.466 e. The highest BCUT2D eigenvalue weighted by molar-refractivity contribution is 5.65. The van der Waals surface area contributed by atoms with Gasteiger partial charge in [0.2, 0.25) is 0 Å². The van der Waals surface area contributed by atoms with Gasteiger partial charge >= 0.3 is 5.97 Å². The van der Waals surface area contributed by atoms with Crippen molar-refractivity contribution in [3.05, 3.63) is 70.8 Å². The van der Waals surface area contributed by atoms with E-state index in [-0.39, 0.29) is 5.97 Å². The molecular formula is C35H46O2. The molecular weight excluding hydrogens is 452 g/mol. The molecule has 0 heterocycles. The van der Waals surface area contributed by atoms with Crippen molar-refractivity contribution in [3.8, 4) is 0 Å². The van der Waals surface area contributed by atoms with Crippen LogP contribution >= 0.6 is 0 Å². The zero-order valence-corrected chi connectivity index (χ0v) is 23.7. The van der Waals surface area contributed by atoms with Gasteiger partial charge in [0.25, 0.3) is 0 Å². The summed E-state index contributed by atoms with van der Waals surface area (Å²) < 4.78 is 4.40. The van der Waals surface area contributed by atoms with E-state index in [1.807, 2.05) is 0 Å². The van der Waals surface area contributed by atoms with Gasteiger partial charge in [0, 0.05) is 12.3 Å². The lowest BCUT2D eigenvalue weighted by atomic mass is 9.25. The fraction of sp³-hybridized carbons (Fsp3) is 0.629. The van der Waals surface area contributed by atoms with Crippen LogP contribution in [0.25, 0.3) is 0 Å². The second kappa shape index (κ2) is 8.99. The zero-order valence-electron chi connectivity index (χ0n) is 23.7. The Morgan fingerprint density at radius 1 is 1.11 bits per heavy atom. The van der Waals surface area contributed by atoms with Crippen LogP contribution in [-0.4, -0.2) is 12.6 Å². The molecule has 0 bridgehead atoms. The molecule has 198 valence electrons. The smallest absolute Gasteiger partial charge is 0.302 e. The Bertz CT molecular complexity index is 1150. The number of hydrogen-bond acceptors (Lipinski definition) is 2. The van der Waals surface area contributed by atoms with Crippen molar-refractivity contribution in [2.45, 2.75) is 86.0 Å². The van der Waals surface area contributed by atoms with E-state index in [0.29, 0.717) is 22.9 Å². The van der Waals surface area contributed by atoms with Gasteiger partial charge in [-0.3, -0.25) is 4.79 Å². The molecule has 8 atom stereocenters. The molecule has 0 radical (unpaired) electrons. The molecule has 1 aromatic carbocycles. The fourth-order valence-corrected chi connectivity index (χ4v) is 10.1. The van der Waals surface area contributed by atoms with Crippen LogP contribution in [0.3, 0.4) is 0 Å². The highest BCUT2D eigenvalue weighted by atomic mass is 16.5. The van der Waals surface area contributed by atoms with Gasteiger partial charge in [0.15, 0.2) is 0 Å². The minimum Gasteiger partial charge on any atom is -0.466 e. The van der Waals surface area contributed by atoms with Crippen LogP contribution in [0.2, 0.25) is 0 Å². The first kappa shape index (κ1) is 25.2. The van der Waals surface area contributed by atoms with Gasteiger partial charge in [0.1, 0.15) is 0 Å². The quantitative estimate of drug-likeness (QED) is 0.308. The normalized spacial score (nSPS) is 41.7. The Kier molecular flexibility index (Phi) is 6.12. The van der Waals surface area contributed by atoms with Crippen LogP contribution in [-0.2, 0) is 16.0 Å². The van der Waals surface area contributed by atoms with E-state index in [0.717, 1.165) is 29.6 Å². The molecule has 0 aromatic heterocycles. The van der Waals surface area contributed by atoms with Crippen LogP contribution in [0.5, 0.6) is 0 Å². The molecule has 2 heteroatoms. The van der Waals surface area contributed by atoms with Crippen LogP contribution in [0.15, 0.2) is 59.7 Å². The summed E-state index contributed by atoms with van der Waals surface area (Å²) in [7, 11) is 0. The summed E-state index contributed by atoms with van der Waals surface area (Å²) >= 11 is 0. The number of rotatable bonds is 4. The molecule has 0 aliphatic heterocycles. The Labute approximate surface area is 224 Å². The first-order chi connectivity index (χ1) is 17.8. The summed E-state index contributed by atoms with van der Waals surface area (Å²) in [6.07, 6.45) is 21.9. The predicted molar refractivity (Wildman–Crippen MR) is 151 cm³/mol. The molecule has 8 unspecified atom stereocenters. The molecule has 7 rings (SSSR count). The number of esters is 1. The highest BCUT2D eigenvalue weighted by Gasteiger charge is 2.80. The SMILES string of the molecule is CC1=CC2=CC23C(CCC24C5C=CCCCC5C2CC34)C1(C)CCc1ccc(C)cc1.CCOC(C)=O. The fourth-order valence-electron chi connectivity index (χ4n) is 10.1. The number of hydrogen-bond donors (Lipinski definition) is 0. The number of ether oxygens (including phenoxy) is 1. The van der Waals surface area contributed by atoms with E-state index in [1.165, 1.54) is 69.4 Å². The molecule has 2 spiro atoms. The van der Waals surface area contributed by atoms with Crippen LogP contribution in [0, 0.1) is 52.8 Å². The number of aryl methyl sites for hydroxylation is 2. The van der Waals surface area contributed by atoms with Gasteiger partial charge in [-0.2, -0.15) is 0 Å². The Balaban J connectivity index is 0.000000380. The van der Waals surface area contributed by atoms with Crippen molar-refractivity contribution in [3.63, 3.8) is 0 Å². The molecule has 0 saturated heterocycles. The average molecular weight is 499 g/mol. The van der Waals surface area contributed by atoms with Crippen molar-refractivity contribution in [1.29, 1.82) is 0 Å². The molecule has 0 N–H and O–H groups in total. The number of carbonyl (C=O) groups excluding carboxylic acids is 1. The molecule has 1 aromatic rings. The first-order valence-electron chi connectivity index (χ1n) is 15.0. The number of allylic oxidation sites excluding steroid dienone is 6. The topological polar surface area (TPSA) is 26.3 Å². The average Bonchev–Trinajstić information content (AvgIpc) is 3.60. The minimum absolute atomic E-state index is 0.211. The molecule has 37 heavy (non-hydrogen) atoms. The number of benzene rings is 1. The standard InChI is InChI=1S/C31H38.C4H8O2/c1-20-9-11-22(12-10-20)13-15-29(3)21(2)17-23-19-31(23)27(29)14-16-30-25-8-6-4-5-7-24(25)26(30)18-28(30)31;1-3-6-4(2)5/h6,8-12,17,19,24-28H,4-5,7,13-16,18H2,1-3H3;3H2,1-2H3. The number of fused-ring (bicyclic) bond motifs is 2. The second-order valence-electron chi connectivity index (χ2n) is 13.3. The van der Waals surface area contributed by atoms with Crippen molar-refractivity contribution in [2.24, 2.45) is 45.8 Å². The van der Waals surface area contributed by atoms with Crippen LogP contribution < -0.4 is 0 Å². The zero-order chi connectivity index (χ0) is 26.0. The Morgan fingerprint density at radius 2 is 1.89 bits per heavy atom. The van der Waals surface area contributed by atoms with Crippen molar-refractivity contribution < 1.29 is 9.53 Å². The van der Waals surface area contributed by atoms with Crippen molar-refractivity contribution >= 4 is 5.97 Å². The van der Waals surface area contributed by atoms with Gasteiger partial charge < -0.3 is 4.74 Å². The van der Waals surface area contributed by atoms with Crippen LogP contribution in [0.4, 0.5) is 0 Å². The summed E-state index contributed by atoms with van der Waals surface area (Å²) in [5.41, 5.74) is 7.81. The molecule has 6 aliphatic rings. The summed E-state index contributed by atoms with van der Waals surface area (Å²) in [6, 6.07) is 9.29. The van der Waals surface area contributed by atoms with E-state index in [9.17, 15) is 4.79 Å². The van der Waals surface area contributed by atoms with E-state index >= 15 is 0 Å². The molecule has 6 aliphatic carbocycles. The molecule has 3 fully saturated rings. The highest BCUT2D eigenvalue weighted by Crippen LogP contribution is 2.86. The monoisotopic (exact) mass is 498 g/mol. The van der Waals surface area contributed by atoms with Gasteiger partial charge in [-0.25, -0.2) is 0 Å². The maximum Gasteiger partial charge on any atom is 0.302 e. The minimum atomic E-state index is -0.211. The summed E-state index contributed by atoms with van der Waals surface area (Å²) in [5, 5.41) is 0. The lowest BCUT2D eigenvalue weighted by molar-refractivity contribution is -0.284. The predicted octanol–water partition coefficient (Wildman–Crippen LogP) is 8.41. The van der Waals surface area contributed by atoms with Gasteiger partial charge in [-0.1, -0.05) is 66.6 Å². The lowest BCUT2D eigenvalue weighted by Gasteiger charge is -2.78. The van der Waals surface area contributed by atoms with Gasteiger partial charge in [-0.05, 0) is 124 Å². The molecule has 3 saturated carbocycles. The van der Waals surface area contributed by atoms with E-state index in [1.54, 1.807) is 18.1 Å². The first-order valence-corrected chi connectivity index (χ1v) is 15.0. The van der Waals surface area contributed by atoms with E-state index < -0.39 is 0 Å². The van der Waals surface area contributed by atoms with Gasteiger partial charge in [0.05, 0.1) is 6.61 Å². The maximum absolute atomic E-state index is 9.82. The second-order valence-corrected chi connectivity index (χ2v) is 13.3. The Hall–Kier alpha value is -2.09. The third kappa shape index (κ3) is 3.60. The van der Waals surface area contributed by atoms with E-state index in [2.05, 4.69) is 74.1 Å².